The minimum Gasteiger partial charge on any atom is -0.383 e. The summed E-state index contributed by atoms with van der Waals surface area (Å²) in [6.45, 7) is 7.81. The number of nitrogens with one attached hydrogen (secondary N) is 1. The molecule has 1 aliphatic heterocycles. The Morgan fingerprint density at radius 1 is 1.13 bits per heavy atom. The maximum atomic E-state index is 6.31. The summed E-state index contributed by atoms with van der Waals surface area (Å²) in [6, 6.07) is 13.9. The molecule has 1 fully saturated rings. The largest absolute Gasteiger partial charge is 0.383 e. The first-order valence-electron chi connectivity index (χ1n) is 10.4. The van der Waals surface area contributed by atoms with Crippen molar-refractivity contribution in [2.24, 2.45) is 0 Å². The number of pyridine rings is 1. The fourth-order valence-corrected chi connectivity index (χ4v) is 5.11. The molecule has 0 bridgehead atoms. The van der Waals surface area contributed by atoms with Gasteiger partial charge in [-0.2, -0.15) is 0 Å². The van der Waals surface area contributed by atoms with Crippen LogP contribution >= 0.6 is 23.8 Å². The number of aromatic nitrogens is 2. The van der Waals surface area contributed by atoms with Gasteiger partial charge < -0.3 is 19.5 Å². The van der Waals surface area contributed by atoms with Crippen LogP contribution in [0.4, 0.5) is 0 Å². The summed E-state index contributed by atoms with van der Waals surface area (Å²) < 4.78 is 7.66. The predicted octanol–water partition coefficient (Wildman–Crippen LogP) is 5.07. The summed E-state index contributed by atoms with van der Waals surface area (Å²) in [6.07, 6.45) is 1.83. The van der Waals surface area contributed by atoms with Gasteiger partial charge in [0.15, 0.2) is 5.11 Å². The van der Waals surface area contributed by atoms with E-state index in [0.717, 1.165) is 21.5 Å². The maximum absolute atomic E-state index is 6.31. The van der Waals surface area contributed by atoms with Gasteiger partial charge in [0, 0.05) is 47.5 Å². The lowest BCUT2D eigenvalue weighted by Gasteiger charge is -2.28. The second kappa shape index (κ2) is 8.99. The molecule has 3 aromatic rings. The van der Waals surface area contributed by atoms with Crippen LogP contribution in [0.3, 0.4) is 0 Å². The van der Waals surface area contributed by atoms with Crippen molar-refractivity contribution in [1.29, 1.82) is 0 Å². The van der Waals surface area contributed by atoms with Crippen molar-refractivity contribution < 1.29 is 4.74 Å². The fraction of sp³-hybridized carbons (Fsp3) is 0.333. The molecule has 3 heterocycles. The van der Waals surface area contributed by atoms with E-state index in [1.807, 2.05) is 36.5 Å². The van der Waals surface area contributed by atoms with Crippen LogP contribution in [0.1, 0.15) is 40.3 Å². The highest BCUT2D eigenvalue weighted by Crippen LogP contribution is 2.43. The predicted molar refractivity (Wildman–Crippen MR) is 129 cm³/mol. The van der Waals surface area contributed by atoms with Gasteiger partial charge in [-0.05, 0) is 68.9 Å². The summed E-state index contributed by atoms with van der Waals surface area (Å²) in [4.78, 5) is 6.87. The zero-order chi connectivity index (χ0) is 22.1. The van der Waals surface area contributed by atoms with Crippen LogP contribution in [-0.2, 0) is 4.74 Å². The lowest BCUT2D eigenvalue weighted by molar-refractivity contribution is 0.164. The third-order valence-electron chi connectivity index (χ3n) is 6.10. The van der Waals surface area contributed by atoms with Crippen molar-refractivity contribution in [2.75, 3.05) is 20.3 Å². The second-order valence-corrected chi connectivity index (χ2v) is 8.66. The third-order valence-corrected chi connectivity index (χ3v) is 6.69. The number of hydrogen-bond acceptors (Lipinski definition) is 3. The van der Waals surface area contributed by atoms with Gasteiger partial charge in [0.1, 0.15) is 0 Å². The number of hydrogen-bond donors (Lipinski definition) is 1. The van der Waals surface area contributed by atoms with Crippen molar-refractivity contribution >= 4 is 28.9 Å². The summed E-state index contributed by atoms with van der Waals surface area (Å²) in [5.74, 6) is 0. The lowest BCUT2D eigenvalue weighted by Crippen LogP contribution is -2.33. The number of halogens is 1. The highest BCUT2D eigenvalue weighted by molar-refractivity contribution is 7.80. The minimum absolute atomic E-state index is 0.0108. The van der Waals surface area contributed by atoms with Crippen molar-refractivity contribution in [3.8, 4) is 5.69 Å². The fourth-order valence-electron chi connectivity index (χ4n) is 4.59. The van der Waals surface area contributed by atoms with E-state index in [0.29, 0.717) is 13.2 Å². The average Bonchev–Trinajstić information content (AvgIpc) is 3.19. The van der Waals surface area contributed by atoms with Crippen LogP contribution in [0.15, 0.2) is 48.7 Å². The molecule has 2 atom stereocenters. The first kappa shape index (κ1) is 21.8. The Bertz CT molecular complexity index is 1100. The topological polar surface area (TPSA) is 42.3 Å². The summed E-state index contributed by atoms with van der Waals surface area (Å²) >= 11 is 12.1. The molecule has 1 N–H and O–H groups in total. The molecule has 0 unspecified atom stereocenters. The van der Waals surface area contributed by atoms with Crippen molar-refractivity contribution in [1.82, 2.24) is 19.8 Å². The molecule has 5 nitrogen and oxygen atoms in total. The van der Waals surface area contributed by atoms with Crippen LogP contribution in [0.25, 0.3) is 5.69 Å². The molecule has 0 amide bonds. The van der Waals surface area contributed by atoms with Crippen LogP contribution in [0, 0.1) is 20.8 Å². The minimum atomic E-state index is -0.0439. The molecule has 0 radical (unpaired) electrons. The van der Waals surface area contributed by atoms with Crippen molar-refractivity contribution in [2.45, 2.75) is 32.9 Å². The van der Waals surface area contributed by atoms with Crippen molar-refractivity contribution in [3.63, 3.8) is 0 Å². The van der Waals surface area contributed by atoms with Gasteiger partial charge in [-0.1, -0.05) is 23.7 Å². The normalized spacial score (nSPS) is 18.5. The summed E-state index contributed by atoms with van der Waals surface area (Å²) in [7, 11) is 1.72. The van der Waals surface area contributed by atoms with Gasteiger partial charge in [-0.25, -0.2) is 0 Å². The molecule has 1 saturated heterocycles. The number of nitrogens with zero attached hydrogens (tertiary/aromatic N) is 3. The van der Waals surface area contributed by atoms with Crippen LogP contribution in [0.2, 0.25) is 5.02 Å². The zero-order valence-corrected chi connectivity index (χ0v) is 19.8. The molecule has 7 heteroatoms. The van der Waals surface area contributed by atoms with Gasteiger partial charge in [0.25, 0.3) is 0 Å². The van der Waals surface area contributed by atoms with Gasteiger partial charge in [-0.3, -0.25) is 4.98 Å². The molecule has 0 saturated carbocycles. The standard InChI is InChI=1S/C24H27ClN4OS/c1-15-16(2)29(19-9-7-8-18(25)14-19)17(3)21(15)23-22(20-10-5-6-11-26-20)27-24(31)28(23)12-13-30-4/h5-11,14,22-23H,12-13H2,1-4H3,(H,27,31)/t22-,23-/m1/s1. The Morgan fingerprint density at radius 3 is 2.61 bits per heavy atom. The van der Waals surface area contributed by atoms with E-state index in [2.05, 4.69) is 52.7 Å². The molecule has 31 heavy (non-hydrogen) atoms. The molecule has 1 aromatic carbocycles. The van der Waals surface area contributed by atoms with Crippen LogP contribution in [0.5, 0.6) is 0 Å². The van der Waals surface area contributed by atoms with Crippen LogP contribution < -0.4 is 5.32 Å². The number of benzene rings is 1. The maximum Gasteiger partial charge on any atom is 0.170 e. The van der Waals surface area contributed by atoms with E-state index < -0.39 is 0 Å². The molecule has 2 aromatic heterocycles. The monoisotopic (exact) mass is 454 g/mol. The second-order valence-electron chi connectivity index (χ2n) is 7.84. The molecular formula is C24H27ClN4OS. The van der Waals surface area contributed by atoms with Crippen LogP contribution in [-0.4, -0.2) is 39.8 Å². The zero-order valence-electron chi connectivity index (χ0n) is 18.2. The molecule has 0 aliphatic carbocycles. The number of rotatable bonds is 6. The number of methoxy groups -OCH3 is 1. The van der Waals surface area contributed by atoms with E-state index in [9.17, 15) is 0 Å². The van der Waals surface area contributed by atoms with E-state index in [4.69, 9.17) is 28.6 Å². The highest BCUT2D eigenvalue weighted by Gasteiger charge is 2.42. The SMILES string of the molecule is COCCN1C(=S)N[C@H](c2ccccn2)[C@H]1c1c(C)c(C)n(-c2cccc(Cl)c2)c1C. The highest BCUT2D eigenvalue weighted by atomic mass is 35.5. The Kier molecular flexibility index (Phi) is 6.32. The van der Waals surface area contributed by atoms with Gasteiger partial charge in [0.05, 0.1) is 24.4 Å². The van der Waals surface area contributed by atoms with E-state index in [1.165, 1.54) is 22.5 Å². The van der Waals surface area contributed by atoms with E-state index in [1.54, 1.807) is 7.11 Å². The van der Waals surface area contributed by atoms with E-state index >= 15 is 0 Å². The molecule has 162 valence electrons. The lowest BCUT2D eigenvalue weighted by atomic mass is 9.93. The molecular weight excluding hydrogens is 428 g/mol. The Balaban J connectivity index is 1.88. The third kappa shape index (κ3) is 3.95. The average molecular weight is 455 g/mol. The Hall–Kier alpha value is -2.41. The molecule has 1 aliphatic rings. The summed E-state index contributed by atoms with van der Waals surface area (Å²) in [5.41, 5.74) is 6.91. The van der Waals surface area contributed by atoms with Crippen molar-refractivity contribution in [3.05, 3.63) is 81.9 Å². The quantitative estimate of drug-likeness (QED) is 0.526. The van der Waals surface area contributed by atoms with Gasteiger partial charge >= 0.3 is 0 Å². The first-order valence-corrected chi connectivity index (χ1v) is 11.1. The molecule has 0 spiro atoms. The smallest absolute Gasteiger partial charge is 0.170 e. The number of ether oxygens (including phenoxy) is 1. The van der Waals surface area contributed by atoms with Gasteiger partial charge in [0.2, 0.25) is 0 Å². The molecule has 4 rings (SSSR count). The Morgan fingerprint density at radius 2 is 1.94 bits per heavy atom. The first-order chi connectivity index (χ1) is 14.9. The van der Waals surface area contributed by atoms with E-state index in [-0.39, 0.29) is 12.1 Å². The number of thiocarbonyl (C=S) groups is 1. The Labute approximate surface area is 194 Å². The summed E-state index contributed by atoms with van der Waals surface area (Å²) in [5, 5.41) is 4.97. The van der Waals surface area contributed by atoms with Gasteiger partial charge in [-0.15, -0.1) is 0 Å².